The Morgan fingerprint density at radius 3 is 2.31 bits per heavy atom. The molecule has 2 aliphatic rings. The maximum absolute atomic E-state index is 12.7. The Bertz CT molecular complexity index is 473. The van der Waals surface area contributed by atoms with Crippen LogP contribution >= 0.6 is 24.0 Å². The normalized spacial score (nSPS) is 20.5. The second-order valence-electron chi connectivity index (χ2n) is 8.01. The van der Waals surface area contributed by atoms with E-state index in [1.165, 1.54) is 12.8 Å². The lowest BCUT2D eigenvalue weighted by atomic mass is 9.85. The van der Waals surface area contributed by atoms with E-state index in [2.05, 4.69) is 36.4 Å². The Balaban J connectivity index is 0.00000338. The first-order chi connectivity index (χ1) is 11.9. The molecular weight excluding hydrogens is 441 g/mol. The fraction of sp³-hybridized carbons (Fsp3) is 0.895. The van der Waals surface area contributed by atoms with Crippen LogP contribution in [0.2, 0.25) is 0 Å². The van der Waals surface area contributed by atoms with Crippen molar-refractivity contribution in [1.29, 1.82) is 0 Å². The molecule has 152 valence electrons. The number of hydrogen-bond acceptors (Lipinski definition) is 3. The molecule has 0 saturated heterocycles. The fourth-order valence-electron chi connectivity index (χ4n) is 3.77. The highest BCUT2D eigenvalue weighted by Gasteiger charge is 2.42. The van der Waals surface area contributed by atoms with Crippen LogP contribution in [-0.4, -0.2) is 74.5 Å². The van der Waals surface area contributed by atoms with Gasteiger partial charge in [0.1, 0.15) is 0 Å². The summed E-state index contributed by atoms with van der Waals surface area (Å²) in [7, 11) is 5.91. The molecule has 2 saturated carbocycles. The van der Waals surface area contributed by atoms with E-state index in [9.17, 15) is 4.79 Å². The van der Waals surface area contributed by atoms with Gasteiger partial charge in [-0.2, -0.15) is 0 Å². The first-order valence-electron chi connectivity index (χ1n) is 9.85. The van der Waals surface area contributed by atoms with E-state index in [0.717, 1.165) is 50.8 Å². The van der Waals surface area contributed by atoms with Crippen LogP contribution in [-0.2, 0) is 4.79 Å². The van der Waals surface area contributed by atoms with Gasteiger partial charge in [-0.25, -0.2) is 0 Å². The molecule has 0 aliphatic heterocycles. The lowest BCUT2D eigenvalue weighted by molar-refractivity contribution is -0.138. The third kappa shape index (κ3) is 6.25. The van der Waals surface area contributed by atoms with Crippen molar-refractivity contribution in [1.82, 2.24) is 20.4 Å². The molecule has 2 rings (SSSR count). The Labute approximate surface area is 176 Å². The molecule has 6 nitrogen and oxygen atoms in total. The predicted molar refractivity (Wildman–Crippen MR) is 119 cm³/mol. The molecule has 1 amide bonds. The molecule has 26 heavy (non-hydrogen) atoms. The number of carbonyl (C=O) groups is 1. The molecule has 1 atom stereocenters. The van der Waals surface area contributed by atoms with Crippen molar-refractivity contribution in [2.45, 2.75) is 64.5 Å². The van der Waals surface area contributed by atoms with E-state index in [4.69, 9.17) is 4.99 Å². The first kappa shape index (κ1) is 23.5. The van der Waals surface area contributed by atoms with E-state index >= 15 is 0 Å². The molecule has 0 aromatic carbocycles. The average Bonchev–Trinajstić information content (AvgIpc) is 3.34. The van der Waals surface area contributed by atoms with Crippen LogP contribution in [0.5, 0.6) is 0 Å². The van der Waals surface area contributed by atoms with Crippen molar-refractivity contribution in [3.8, 4) is 0 Å². The number of aliphatic imine (C=N–C) groups is 1. The lowest BCUT2D eigenvalue weighted by Crippen LogP contribution is -2.46. The van der Waals surface area contributed by atoms with Crippen LogP contribution in [0.15, 0.2) is 4.99 Å². The Hall–Kier alpha value is -0.570. The minimum atomic E-state index is -0.303. The van der Waals surface area contributed by atoms with Crippen LogP contribution in [0, 0.1) is 5.41 Å². The van der Waals surface area contributed by atoms with Gasteiger partial charge in [-0.15, -0.1) is 24.0 Å². The standard InChI is InChI=1S/C19H37N5O.HI/c1-6-20-18(21-13-15(2)24(5)16-9-10-16)22-14-19(11-7-8-12-19)17(25)23(3)4;/h15-16H,6-14H2,1-5H3,(H2,20,21,22);1H. The molecule has 7 heteroatoms. The summed E-state index contributed by atoms with van der Waals surface area (Å²) < 4.78 is 0. The number of hydrogen-bond donors (Lipinski definition) is 2. The largest absolute Gasteiger partial charge is 0.357 e. The maximum Gasteiger partial charge on any atom is 0.230 e. The van der Waals surface area contributed by atoms with Crippen LogP contribution in [0.3, 0.4) is 0 Å². The third-order valence-corrected chi connectivity index (χ3v) is 5.69. The molecule has 0 aromatic heterocycles. The van der Waals surface area contributed by atoms with Crippen LogP contribution in [0.25, 0.3) is 0 Å². The second kappa shape index (κ2) is 10.7. The number of likely N-dealkylation sites (N-methyl/N-ethyl adjacent to an activating group) is 1. The van der Waals surface area contributed by atoms with Gasteiger partial charge in [0.2, 0.25) is 5.91 Å². The summed E-state index contributed by atoms with van der Waals surface area (Å²) in [6, 6.07) is 1.23. The molecule has 0 radical (unpaired) electrons. The van der Waals surface area contributed by atoms with Gasteiger partial charge in [-0.05, 0) is 46.6 Å². The van der Waals surface area contributed by atoms with Crippen LogP contribution in [0.4, 0.5) is 0 Å². The molecule has 0 heterocycles. The minimum absolute atomic E-state index is 0. The van der Waals surface area contributed by atoms with Gasteiger partial charge in [-0.3, -0.25) is 14.7 Å². The number of nitrogens with zero attached hydrogens (tertiary/aromatic N) is 3. The highest BCUT2D eigenvalue weighted by atomic mass is 127. The summed E-state index contributed by atoms with van der Waals surface area (Å²) in [6.45, 7) is 6.60. The summed E-state index contributed by atoms with van der Waals surface area (Å²) >= 11 is 0. The van der Waals surface area contributed by atoms with Gasteiger partial charge in [0.15, 0.2) is 5.96 Å². The predicted octanol–water partition coefficient (Wildman–Crippen LogP) is 2.29. The Morgan fingerprint density at radius 2 is 1.81 bits per heavy atom. The van der Waals surface area contributed by atoms with Crippen molar-refractivity contribution < 1.29 is 4.79 Å². The Kier molecular flexibility index (Phi) is 9.64. The van der Waals surface area contributed by atoms with Crippen LogP contribution in [0.1, 0.15) is 52.4 Å². The molecule has 1 unspecified atom stereocenters. The fourth-order valence-corrected chi connectivity index (χ4v) is 3.77. The zero-order valence-corrected chi connectivity index (χ0v) is 19.5. The van der Waals surface area contributed by atoms with E-state index in [0.29, 0.717) is 12.6 Å². The van der Waals surface area contributed by atoms with Crippen molar-refractivity contribution in [3.05, 3.63) is 0 Å². The molecular formula is C19H38IN5O. The molecule has 0 bridgehead atoms. The third-order valence-electron chi connectivity index (χ3n) is 5.69. The van der Waals surface area contributed by atoms with Crippen molar-refractivity contribution in [2.24, 2.45) is 10.4 Å². The highest BCUT2D eigenvalue weighted by molar-refractivity contribution is 14.0. The van der Waals surface area contributed by atoms with Crippen molar-refractivity contribution >= 4 is 35.8 Å². The minimum Gasteiger partial charge on any atom is -0.357 e. The summed E-state index contributed by atoms with van der Waals surface area (Å²) in [5.74, 6) is 1.06. The number of rotatable bonds is 8. The monoisotopic (exact) mass is 479 g/mol. The van der Waals surface area contributed by atoms with Gasteiger partial charge in [0, 0.05) is 39.3 Å². The number of carbonyl (C=O) groups excluding carboxylic acids is 1. The molecule has 2 aliphatic carbocycles. The first-order valence-corrected chi connectivity index (χ1v) is 9.85. The van der Waals surface area contributed by atoms with Gasteiger partial charge < -0.3 is 15.5 Å². The molecule has 0 aromatic rings. The van der Waals surface area contributed by atoms with E-state index in [-0.39, 0.29) is 35.3 Å². The molecule has 2 fully saturated rings. The second-order valence-corrected chi connectivity index (χ2v) is 8.01. The van der Waals surface area contributed by atoms with E-state index in [1.54, 1.807) is 4.90 Å². The average molecular weight is 479 g/mol. The van der Waals surface area contributed by atoms with Gasteiger partial charge in [0.05, 0.1) is 12.0 Å². The Morgan fingerprint density at radius 1 is 1.19 bits per heavy atom. The van der Waals surface area contributed by atoms with Crippen molar-refractivity contribution in [2.75, 3.05) is 40.8 Å². The van der Waals surface area contributed by atoms with Crippen molar-refractivity contribution in [3.63, 3.8) is 0 Å². The molecule has 0 spiro atoms. The number of guanidine groups is 1. The topological polar surface area (TPSA) is 60.0 Å². The quantitative estimate of drug-likeness (QED) is 0.319. The van der Waals surface area contributed by atoms with Gasteiger partial charge in [-0.1, -0.05) is 12.8 Å². The maximum atomic E-state index is 12.7. The number of nitrogens with one attached hydrogen (secondary N) is 2. The lowest BCUT2D eigenvalue weighted by Gasteiger charge is -2.30. The number of halogens is 1. The van der Waals surface area contributed by atoms with E-state index in [1.807, 2.05) is 14.1 Å². The summed E-state index contributed by atoms with van der Waals surface area (Å²) in [5, 5.41) is 6.79. The SMILES string of the molecule is CCNC(=NCC1(C(=O)N(C)C)CCCC1)NCC(C)N(C)C1CC1.I. The summed E-state index contributed by atoms with van der Waals surface area (Å²) in [4.78, 5) is 21.7. The highest BCUT2D eigenvalue weighted by Crippen LogP contribution is 2.39. The zero-order valence-electron chi connectivity index (χ0n) is 17.2. The van der Waals surface area contributed by atoms with Gasteiger partial charge >= 0.3 is 0 Å². The van der Waals surface area contributed by atoms with E-state index < -0.39 is 0 Å². The van der Waals surface area contributed by atoms with Gasteiger partial charge in [0.25, 0.3) is 0 Å². The summed E-state index contributed by atoms with van der Waals surface area (Å²) in [6.07, 6.45) is 6.81. The number of amides is 1. The molecule has 2 N–H and O–H groups in total. The zero-order chi connectivity index (χ0) is 18.4. The van der Waals surface area contributed by atoms with Crippen LogP contribution < -0.4 is 10.6 Å². The smallest absolute Gasteiger partial charge is 0.230 e. The summed E-state index contributed by atoms with van der Waals surface area (Å²) in [5.41, 5.74) is -0.303.